The predicted octanol–water partition coefficient (Wildman–Crippen LogP) is 2.01. The Hall–Kier alpha value is -0.810. The quantitative estimate of drug-likeness (QED) is 0.888. The molecule has 1 atom stereocenters. The molecule has 3 rings (SSSR count). The van der Waals surface area contributed by atoms with Gasteiger partial charge in [0.05, 0.1) is 6.61 Å². The van der Waals surface area contributed by atoms with Crippen LogP contribution in [0, 0.1) is 5.41 Å². The third-order valence-corrected chi connectivity index (χ3v) is 4.69. The fourth-order valence-corrected chi connectivity index (χ4v) is 3.56. The molecule has 124 valence electrons. The Kier molecular flexibility index (Phi) is 5.72. The highest BCUT2D eigenvalue weighted by Crippen LogP contribution is 2.40. The maximum absolute atomic E-state index is 9.88. The van der Waals surface area contributed by atoms with Crippen LogP contribution in [0.4, 0.5) is 0 Å². The number of aliphatic hydroxyl groups is 1. The molecule has 22 heavy (non-hydrogen) atoms. The van der Waals surface area contributed by atoms with E-state index in [2.05, 4.69) is 42.3 Å². The van der Waals surface area contributed by atoms with Crippen molar-refractivity contribution in [3.63, 3.8) is 0 Å². The van der Waals surface area contributed by atoms with Crippen LogP contribution in [-0.4, -0.2) is 49.4 Å². The van der Waals surface area contributed by atoms with Crippen LogP contribution in [-0.2, 0) is 6.42 Å². The average molecular weight is 327 g/mol. The summed E-state index contributed by atoms with van der Waals surface area (Å²) in [5, 5.41) is 13.3. The number of hydrogen-bond acceptors (Lipinski definition) is 4. The lowest BCUT2D eigenvalue weighted by molar-refractivity contribution is 0.0305. The second-order valence-electron chi connectivity index (χ2n) is 6.80. The van der Waals surface area contributed by atoms with E-state index in [9.17, 15) is 5.11 Å². The van der Waals surface area contributed by atoms with Gasteiger partial charge in [0.2, 0.25) is 0 Å². The summed E-state index contributed by atoms with van der Waals surface area (Å²) in [7, 11) is 0. The number of rotatable bonds is 4. The number of fused-ring (bicyclic) bond motifs is 1. The number of ether oxygens (including phenoxy) is 1. The lowest BCUT2D eigenvalue weighted by Gasteiger charge is -2.43. The smallest absolute Gasteiger partial charge is 0.122 e. The van der Waals surface area contributed by atoms with Crippen molar-refractivity contribution in [2.75, 3.05) is 39.4 Å². The van der Waals surface area contributed by atoms with Gasteiger partial charge in [0.25, 0.3) is 0 Å². The Morgan fingerprint density at radius 1 is 1.32 bits per heavy atom. The number of aliphatic hydroxyl groups excluding tert-OH is 1. The van der Waals surface area contributed by atoms with Crippen LogP contribution in [0.25, 0.3) is 0 Å². The van der Waals surface area contributed by atoms with Crippen LogP contribution in [0.1, 0.15) is 31.0 Å². The van der Waals surface area contributed by atoms with E-state index in [0.717, 1.165) is 45.0 Å². The molecule has 1 aromatic carbocycles. The summed E-state index contributed by atoms with van der Waals surface area (Å²) in [6.45, 7) is 9.39. The standard InChI is InChI=1S/C17H26N2O2.ClH/c1-17(2,12-20)16(19-8-6-18-7-9-19)14-3-4-15-13(11-14)5-10-21-15;/h3-4,11,16,18,20H,5-10,12H2,1-2H3;1H/t16-;/m1./s1. The van der Waals surface area contributed by atoms with E-state index in [1.54, 1.807) is 0 Å². The molecular formula is C17H27ClN2O2. The fourth-order valence-electron chi connectivity index (χ4n) is 3.56. The van der Waals surface area contributed by atoms with Crippen molar-refractivity contribution in [2.45, 2.75) is 26.3 Å². The van der Waals surface area contributed by atoms with E-state index in [1.807, 2.05) is 0 Å². The topological polar surface area (TPSA) is 44.7 Å². The third kappa shape index (κ3) is 3.40. The average Bonchev–Trinajstić information content (AvgIpc) is 2.96. The molecule has 2 aliphatic heterocycles. The Labute approximate surface area is 139 Å². The van der Waals surface area contributed by atoms with Gasteiger partial charge in [-0.2, -0.15) is 0 Å². The van der Waals surface area contributed by atoms with E-state index in [1.165, 1.54) is 11.1 Å². The van der Waals surface area contributed by atoms with Crippen molar-refractivity contribution >= 4 is 12.4 Å². The molecule has 1 aromatic rings. The van der Waals surface area contributed by atoms with Crippen LogP contribution < -0.4 is 10.1 Å². The zero-order valence-corrected chi connectivity index (χ0v) is 14.3. The molecule has 4 nitrogen and oxygen atoms in total. The van der Waals surface area contributed by atoms with Gasteiger partial charge in [-0.3, -0.25) is 4.90 Å². The monoisotopic (exact) mass is 326 g/mol. The second kappa shape index (κ2) is 7.18. The minimum atomic E-state index is -0.162. The molecule has 0 unspecified atom stereocenters. The normalized spacial score (nSPS) is 20.0. The summed E-state index contributed by atoms with van der Waals surface area (Å²) in [5.74, 6) is 1.03. The van der Waals surface area contributed by atoms with Crippen molar-refractivity contribution in [3.05, 3.63) is 29.3 Å². The molecule has 2 N–H and O–H groups in total. The summed E-state index contributed by atoms with van der Waals surface area (Å²) in [6.07, 6.45) is 0.997. The molecule has 0 spiro atoms. The Balaban J connectivity index is 0.00000176. The second-order valence-corrected chi connectivity index (χ2v) is 6.80. The van der Waals surface area contributed by atoms with Crippen LogP contribution in [0.2, 0.25) is 0 Å². The van der Waals surface area contributed by atoms with Crippen LogP contribution in [0.3, 0.4) is 0 Å². The largest absolute Gasteiger partial charge is 0.493 e. The summed E-state index contributed by atoms with van der Waals surface area (Å²) < 4.78 is 5.62. The molecule has 5 heteroatoms. The van der Waals surface area contributed by atoms with Gasteiger partial charge in [-0.15, -0.1) is 12.4 Å². The lowest BCUT2D eigenvalue weighted by atomic mass is 9.79. The lowest BCUT2D eigenvalue weighted by Crippen LogP contribution is -2.49. The first-order chi connectivity index (χ1) is 10.1. The molecule has 0 radical (unpaired) electrons. The molecule has 0 amide bonds. The van der Waals surface area contributed by atoms with Gasteiger partial charge in [0.1, 0.15) is 5.75 Å². The maximum Gasteiger partial charge on any atom is 0.122 e. The highest BCUT2D eigenvalue weighted by Gasteiger charge is 2.36. The van der Waals surface area contributed by atoms with Crippen molar-refractivity contribution in [1.29, 1.82) is 0 Å². The van der Waals surface area contributed by atoms with E-state index in [0.29, 0.717) is 0 Å². The van der Waals surface area contributed by atoms with Gasteiger partial charge in [-0.1, -0.05) is 26.0 Å². The van der Waals surface area contributed by atoms with Crippen LogP contribution in [0.15, 0.2) is 18.2 Å². The predicted molar refractivity (Wildman–Crippen MR) is 90.9 cm³/mol. The first-order valence-electron chi connectivity index (χ1n) is 7.93. The molecule has 0 saturated carbocycles. The number of benzene rings is 1. The number of piperazine rings is 1. The Bertz CT molecular complexity index is 501. The molecule has 0 aliphatic carbocycles. The van der Waals surface area contributed by atoms with Gasteiger partial charge in [0, 0.05) is 50.7 Å². The number of nitrogens with one attached hydrogen (secondary N) is 1. The SMILES string of the molecule is CC(C)(CO)[C@@H](c1ccc2c(c1)CCO2)N1CCNCC1.Cl. The number of halogens is 1. The van der Waals surface area contributed by atoms with E-state index in [-0.39, 0.29) is 30.5 Å². The number of hydrogen-bond donors (Lipinski definition) is 2. The molecular weight excluding hydrogens is 300 g/mol. The molecule has 1 saturated heterocycles. The van der Waals surface area contributed by atoms with Gasteiger partial charge in [0.15, 0.2) is 0 Å². The van der Waals surface area contributed by atoms with Gasteiger partial charge < -0.3 is 15.2 Å². The van der Waals surface area contributed by atoms with E-state index in [4.69, 9.17) is 4.74 Å². The minimum Gasteiger partial charge on any atom is -0.493 e. The van der Waals surface area contributed by atoms with Crippen molar-refractivity contribution < 1.29 is 9.84 Å². The summed E-state index contributed by atoms with van der Waals surface area (Å²) in [5.41, 5.74) is 2.45. The van der Waals surface area contributed by atoms with E-state index >= 15 is 0 Å². The first kappa shape index (κ1) is 17.5. The summed E-state index contributed by atoms with van der Waals surface area (Å²) in [4.78, 5) is 2.50. The van der Waals surface area contributed by atoms with Crippen LogP contribution >= 0.6 is 12.4 Å². The fraction of sp³-hybridized carbons (Fsp3) is 0.647. The zero-order valence-electron chi connectivity index (χ0n) is 13.5. The van der Waals surface area contributed by atoms with Crippen LogP contribution in [0.5, 0.6) is 5.75 Å². The first-order valence-corrected chi connectivity index (χ1v) is 7.93. The highest BCUT2D eigenvalue weighted by molar-refractivity contribution is 5.85. The van der Waals surface area contributed by atoms with Gasteiger partial charge in [-0.05, 0) is 17.2 Å². The Morgan fingerprint density at radius 2 is 2.05 bits per heavy atom. The molecule has 0 aromatic heterocycles. The summed E-state index contributed by atoms with van der Waals surface area (Å²) in [6, 6.07) is 6.80. The van der Waals surface area contributed by atoms with Crippen molar-refractivity contribution in [1.82, 2.24) is 10.2 Å². The molecule has 1 fully saturated rings. The summed E-state index contributed by atoms with van der Waals surface area (Å²) >= 11 is 0. The van der Waals surface area contributed by atoms with Crippen molar-refractivity contribution in [3.8, 4) is 5.75 Å². The van der Waals surface area contributed by atoms with Gasteiger partial charge >= 0.3 is 0 Å². The molecule has 2 heterocycles. The Morgan fingerprint density at radius 3 is 2.73 bits per heavy atom. The molecule has 2 aliphatic rings. The highest BCUT2D eigenvalue weighted by atomic mass is 35.5. The third-order valence-electron chi connectivity index (χ3n) is 4.69. The molecule has 0 bridgehead atoms. The number of nitrogens with zero attached hydrogens (tertiary/aromatic N) is 1. The van der Waals surface area contributed by atoms with Crippen molar-refractivity contribution in [2.24, 2.45) is 5.41 Å². The van der Waals surface area contributed by atoms with Gasteiger partial charge in [-0.25, -0.2) is 0 Å². The van der Waals surface area contributed by atoms with E-state index < -0.39 is 0 Å². The maximum atomic E-state index is 9.88. The minimum absolute atomic E-state index is 0. The zero-order chi connectivity index (χ0) is 14.9.